The third kappa shape index (κ3) is 4.57. The van der Waals surface area contributed by atoms with Gasteiger partial charge in [-0.3, -0.25) is 0 Å². The first-order valence-corrected chi connectivity index (χ1v) is 18.5. The molecule has 10 aromatic rings. The minimum absolute atomic E-state index is 1.10. The second kappa shape index (κ2) is 12.1. The van der Waals surface area contributed by atoms with Gasteiger partial charge in [0.2, 0.25) is 0 Å². The van der Waals surface area contributed by atoms with E-state index in [2.05, 4.69) is 225 Å². The number of hydrogen-bond acceptors (Lipinski definition) is 2. The molecule has 3 heterocycles. The molecule has 2 aromatic heterocycles. The van der Waals surface area contributed by atoms with E-state index in [1.165, 1.54) is 44.0 Å². The standard InChI is InChI=1S/C50H34N4/c1-4-17-35(18-5-1)48-33-36-31-32-42-41-25-10-11-26-43(41)54(50(42)49(36)53(48)38-21-8-3-9-22-38)40-24-16-23-39(34-40)52-46-29-14-12-27-44(46)51(37-19-6-2-7-20-37)45-28-13-15-30-47(45)52/h1-34H. The Morgan fingerprint density at radius 1 is 0.296 bits per heavy atom. The van der Waals surface area contributed by atoms with Crippen LogP contribution in [-0.4, -0.2) is 9.13 Å². The lowest BCUT2D eigenvalue weighted by Crippen LogP contribution is -2.23. The van der Waals surface area contributed by atoms with Crippen molar-refractivity contribution in [3.05, 3.63) is 206 Å². The summed E-state index contributed by atoms with van der Waals surface area (Å²) in [5, 5.41) is 3.66. The van der Waals surface area contributed by atoms with E-state index in [-0.39, 0.29) is 0 Å². The Labute approximate surface area is 313 Å². The van der Waals surface area contributed by atoms with Crippen LogP contribution in [0.25, 0.3) is 55.3 Å². The average Bonchev–Trinajstić information content (AvgIpc) is 3.80. The molecule has 0 saturated heterocycles. The van der Waals surface area contributed by atoms with Crippen LogP contribution in [-0.2, 0) is 0 Å². The van der Waals surface area contributed by atoms with Crippen molar-refractivity contribution in [2.45, 2.75) is 0 Å². The summed E-state index contributed by atoms with van der Waals surface area (Å²) in [4.78, 5) is 4.79. The van der Waals surface area contributed by atoms with E-state index in [1.54, 1.807) is 0 Å². The fraction of sp³-hybridized carbons (Fsp3) is 0. The molecule has 0 radical (unpaired) electrons. The predicted octanol–water partition coefficient (Wildman–Crippen LogP) is 13.6. The quantitative estimate of drug-likeness (QED) is 0.179. The Kier molecular flexibility index (Phi) is 6.82. The van der Waals surface area contributed by atoms with Crippen LogP contribution in [0.1, 0.15) is 0 Å². The lowest BCUT2D eigenvalue weighted by atomic mass is 10.0. The van der Waals surface area contributed by atoms with Gasteiger partial charge in [0.1, 0.15) is 0 Å². The van der Waals surface area contributed by atoms with E-state index in [9.17, 15) is 0 Å². The smallest absolute Gasteiger partial charge is 0.0788 e. The Morgan fingerprint density at radius 2 is 0.815 bits per heavy atom. The van der Waals surface area contributed by atoms with Crippen molar-refractivity contribution in [1.82, 2.24) is 9.13 Å². The maximum absolute atomic E-state index is 2.47. The molecule has 0 saturated carbocycles. The van der Waals surface area contributed by atoms with E-state index in [0.29, 0.717) is 0 Å². The summed E-state index contributed by atoms with van der Waals surface area (Å²) in [6.07, 6.45) is 0. The van der Waals surface area contributed by atoms with Gasteiger partial charge in [0, 0.05) is 38.9 Å². The fourth-order valence-electron chi connectivity index (χ4n) is 8.52. The predicted molar refractivity (Wildman–Crippen MR) is 226 cm³/mol. The second-order valence-electron chi connectivity index (χ2n) is 13.8. The SMILES string of the molecule is c1ccc(-c2cc3ccc4c5ccccc5n(-c5cccc(N6c7ccccc7N(c7ccccc7)c7ccccc76)c5)c4c3n2-c2ccccc2)cc1. The Morgan fingerprint density at radius 3 is 1.48 bits per heavy atom. The molecule has 54 heavy (non-hydrogen) atoms. The van der Waals surface area contributed by atoms with Gasteiger partial charge in [0.25, 0.3) is 0 Å². The van der Waals surface area contributed by atoms with E-state index < -0.39 is 0 Å². The highest BCUT2D eigenvalue weighted by Gasteiger charge is 2.30. The van der Waals surface area contributed by atoms with Crippen molar-refractivity contribution >= 4 is 66.8 Å². The van der Waals surface area contributed by atoms with E-state index in [1.807, 2.05) is 0 Å². The fourth-order valence-corrected chi connectivity index (χ4v) is 8.52. The largest absolute Gasteiger partial charge is 0.307 e. The number of anilines is 6. The molecule has 8 aromatic carbocycles. The average molecular weight is 691 g/mol. The lowest BCUT2D eigenvalue weighted by Gasteiger charge is -2.40. The molecule has 0 atom stereocenters. The number of aromatic nitrogens is 2. The van der Waals surface area contributed by atoms with Gasteiger partial charge in [-0.05, 0) is 84.4 Å². The summed E-state index contributed by atoms with van der Waals surface area (Å²) in [7, 11) is 0. The normalized spacial score (nSPS) is 12.4. The summed E-state index contributed by atoms with van der Waals surface area (Å²) < 4.78 is 4.92. The van der Waals surface area contributed by atoms with Gasteiger partial charge < -0.3 is 18.9 Å². The molecule has 0 N–H and O–H groups in total. The first kappa shape index (κ1) is 30.3. The van der Waals surface area contributed by atoms with Crippen molar-refractivity contribution in [3.63, 3.8) is 0 Å². The van der Waals surface area contributed by atoms with Crippen LogP contribution in [0.15, 0.2) is 206 Å². The molecule has 0 bridgehead atoms. The van der Waals surface area contributed by atoms with E-state index >= 15 is 0 Å². The summed E-state index contributed by atoms with van der Waals surface area (Å²) in [6.45, 7) is 0. The molecule has 4 heteroatoms. The van der Waals surface area contributed by atoms with Gasteiger partial charge in [-0.2, -0.15) is 0 Å². The lowest BCUT2D eigenvalue weighted by molar-refractivity contribution is 1.12. The summed E-state index contributed by atoms with van der Waals surface area (Å²) in [5.74, 6) is 0. The van der Waals surface area contributed by atoms with Gasteiger partial charge in [-0.1, -0.05) is 127 Å². The van der Waals surface area contributed by atoms with Crippen LogP contribution in [0.3, 0.4) is 0 Å². The van der Waals surface area contributed by atoms with E-state index in [0.717, 1.165) is 45.5 Å². The van der Waals surface area contributed by atoms with Crippen molar-refractivity contribution in [2.75, 3.05) is 9.80 Å². The third-order valence-corrected chi connectivity index (χ3v) is 10.8. The van der Waals surface area contributed by atoms with Crippen LogP contribution in [0, 0.1) is 0 Å². The van der Waals surface area contributed by atoms with Crippen molar-refractivity contribution < 1.29 is 0 Å². The summed E-state index contributed by atoms with van der Waals surface area (Å²) >= 11 is 0. The zero-order chi connectivity index (χ0) is 35.6. The van der Waals surface area contributed by atoms with Crippen molar-refractivity contribution in [3.8, 4) is 22.6 Å². The molecule has 4 nitrogen and oxygen atoms in total. The van der Waals surface area contributed by atoms with Crippen LogP contribution in [0.4, 0.5) is 34.1 Å². The molecular weight excluding hydrogens is 657 g/mol. The van der Waals surface area contributed by atoms with Gasteiger partial charge in [-0.15, -0.1) is 0 Å². The van der Waals surface area contributed by atoms with Crippen molar-refractivity contribution in [2.24, 2.45) is 0 Å². The molecule has 11 rings (SSSR count). The van der Waals surface area contributed by atoms with Gasteiger partial charge in [0.15, 0.2) is 0 Å². The van der Waals surface area contributed by atoms with Crippen LogP contribution < -0.4 is 9.80 Å². The van der Waals surface area contributed by atoms with Gasteiger partial charge >= 0.3 is 0 Å². The Hall–Kier alpha value is -7.30. The van der Waals surface area contributed by atoms with Crippen LogP contribution in [0.2, 0.25) is 0 Å². The molecule has 0 spiro atoms. The number of para-hydroxylation sites is 7. The topological polar surface area (TPSA) is 16.3 Å². The van der Waals surface area contributed by atoms with Crippen LogP contribution in [0.5, 0.6) is 0 Å². The zero-order valence-corrected chi connectivity index (χ0v) is 29.4. The molecule has 1 aliphatic heterocycles. The first-order chi connectivity index (χ1) is 26.8. The van der Waals surface area contributed by atoms with Gasteiger partial charge in [0.05, 0.1) is 45.0 Å². The molecule has 0 aliphatic carbocycles. The van der Waals surface area contributed by atoms with Crippen molar-refractivity contribution in [1.29, 1.82) is 0 Å². The molecular formula is C50H34N4. The Bertz CT molecular complexity index is 2950. The molecule has 0 fully saturated rings. The van der Waals surface area contributed by atoms with E-state index in [4.69, 9.17) is 0 Å². The summed E-state index contributed by atoms with van der Waals surface area (Å²) in [6, 6.07) is 74.4. The molecule has 254 valence electrons. The van der Waals surface area contributed by atoms with Gasteiger partial charge in [-0.25, -0.2) is 0 Å². The van der Waals surface area contributed by atoms with Crippen LogP contribution >= 0.6 is 0 Å². The highest BCUT2D eigenvalue weighted by atomic mass is 15.3. The maximum Gasteiger partial charge on any atom is 0.0788 e. The minimum atomic E-state index is 1.10. The Balaban J connectivity index is 1.19. The third-order valence-electron chi connectivity index (χ3n) is 10.8. The number of hydrogen-bond donors (Lipinski definition) is 0. The molecule has 0 unspecified atom stereocenters. The first-order valence-electron chi connectivity index (χ1n) is 18.5. The monoisotopic (exact) mass is 690 g/mol. The second-order valence-corrected chi connectivity index (χ2v) is 13.8. The highest BCUT2D eigenvalue weighted by Crippen LogP contribution is 2.54. The minimum Gasteiger partial charge on any atom is -0.307 e. The number of rotatable bonds is 5. The number of fused-ring (bicyclic) bond motifs is 7. The zero-order valence-electron chi connectivity index (χ0n) is 29.4. The number of benzene rings is 8. The molecule has 0 amide bonds. The maximum atomic E-state index is 2.47. The number of nitrogens with zero attached hydrogens (tertiary/aromatic N) is 4. The molecule has 1 aliphatic rings. The highest BCUT2D eigenvalue weighted by molar-refractivity contribution is 6.19. The summed E-state index contributed by atoms with van der Waals surface area (Å²) in [5.41, 5.74) is 14.9.